The Morgan fingerprint density at radius 2 is 2.42 bits per heavy atom. The minimum atomic E-state index is 0.0937. The molecule has 2 nitrogen and oxygen atoms in total. The van der Waals surface area contributed by atoms with Crippen LogP contribution in [-0.4, -0.2) is 12.1 Å². The fourth-order valence-corrected chi connectivity index (χ4v) is 2.33. The molecule has 0 saturated heterocycles. The van der Waals surface area contributed by atoms with Crippen LogP contribution in [0.3, 0.4) is 0 Å². The molecule has 0 bridgehead atoms. The Balaban J connectivity index is 1.87. The highest BCUT2D eigenvalue weighted by atomic mass is 79.9. The quantitative estimate of drug-likeness (QED) is 0.860. The molecule has 0 radical (unpaired) electrons. The molecule has 1 aliphatic rings. The molecule has 2 rings (SSSR count). The molecule has 1 aromatic heterocycles. The fourth-order valence-electron chi connectivity index (χ4n) is 1.01. The molecule has 4 heteroatoms. The summed E-state index contributed by atoms with van der Waals surface area (Å²) in [6, 6.07) is 2.08. The third kappa shape index (κ3) is 2.00. The van der Waals surface area contributed by atoms with Crippen LogP contribution in [0.25, 0.3) is 0 Å². The third-order valence-corrected chi connectivity index (χ3v) is 3.72. The number of thiophene rings is 1. The maximum absolute atomic E-state index is 5.93. The van der Waals surface area contributed by atoms with Crippen LogP contribution in [0.2, 0.25) is 0 Å². The zero-order valence-electron chi connectivity index (χ0n) is 6.64. The summed E-state index contributed by atoms with van der Waals surface area (Å²) in [4.78, 5) is 0. The van der Waals surface area contributed by atoms with Crippen LogP contribution in [0.4, 0.5) is 5.00 Å². The molecular weight excluding hydrogens is 236 g/mol. The standard InChI is InChI=1S/C8H11BrN2S/c9-6-3-7(12-4-6)11-5-8(10)1-2-8/h3-4,11H,1-2,5,10H2. The monoisotopic (exact) mass is 246 g/mol. The lowest BCUT2D eigenvalue weighted by atomic mass is 10.3. The highest BCUT2D eigenvalue weighted by Gasteiger charge is 2.37. The van der Waals surface area contributed by atoms with Crippen LogP contribution in [0.15, 0.2) is 15.9 Å². The van der Waals surface area contributed by atoms with Crippen molar-refractivity contribution in [3.8, 4) is 0 Å². The summed E-state index contributed by atoms with van der Waals surface area (Å²) in [7, 11) is 0. The summed E-state index contributed by atoms with van der Waals surface area (Å²) in [6.45, 7) is 0.903. The third-order valence-electron chi connectivity index (χ3n) is 2.07. The lowest BCUT2D eigenvalue weighted by molar-refractivity contribution is 0.714. The van der Waals surface area contributed by atoms with Crippen LogP contribution in [0.1, 0.15) is 12.8 Å². The van der Waals surface area contributed by atoms with E-state index in [1.165, 1.54) is 5.00 Å². The molecule has 1 aliphatic carbocycles. The Kier molecular flexibility index (Phi) is 2.14. The normalized spacial score (nSPS) is 19.2. The number of nitrogens with two attached hydrogens (primary N) is 1. The first-order valence-corrected chi connectivity index (χ1v) is 5.62. The molecule has 0 amide bonds. The van der Waals surface area contributed by atoms with E-state index in [0.29, 0.717) is 0 Å². The van der Waals surface area contributed by atoms with Crippen LogP contribution < -0.4 is 11.1 Å². The molecule has 1 fully saturated rings. The van der Waals surface area contributed by atoms with E-state index in [-0.39, 0.29) is 5.54 Å². The molecule has 1 heterocycles. The van der Waals surface area contributed by atoms with Crippen LogP contribution >= 0.6 is 27.3 Å². The smallest absolute Gasteiger partial charge is 0.0894 e. The average Bonchev–Trinajstić information content (AvgIpc) is 2.60. The zero-order chi connectivity index (χ0) is 8.60. The van der Waals surface area contributed by atoms with Crippen molar-refractivity contribution >= 4 is 32.3 Å². The van der Waals surface area contributed by atoms with E-state index in [0.717, 1.165) is 23.9 Å². The van der Waals surface area contributed by atoms with Gasteiger partial charge in [-0.25, -0.2) is 0 Å². The van der Waals surface area contributed by atoms with Crippen molar-refractivity contribution in [3.05, 3.63) is 15.9 Å². The van der Waals surface area contributed by atoms with E-state index in [2.05, 4.69) is 32.7 Å². The summed E-state index contributed by atoms with van der Waals surface area (Å²) in [5.74, 6) is 0. The Morgan fingerprint density at radius 3 is 2.92 bits per heavy atom. The molecule has 1 aromatic rings. The topological polar surface area (TPSA) is 38.0 Å². The largest absolute Gasteiger partial charge is 0.375 e. The predicted octanol–water partition coefficient (Wildman–Crippen LogP) is 2.41. The molecule has 0 unspecified atom stereocenters. The van der Waals surface area contributed by atoms with Gasteiger partial charge in [-0.2, -0.15) is 0 Å². The van der Waals surface area contributed by atoms with Gasteiger partial charge in [-0.05, 0) is 34.8 Å². The molecule has 3 N–H and O–H groups in total. The van der Waals surface area contributed by atoms with Gasteiger partial charge in [-0.3, -0.25) is 0 Å². The maximum atomic E-state index is 5.93. The lowest BCUT2D eigenvalue weighted by Gasteiger charge is -2.08. The molecule has 0 spiro atoms. The highest BCUT2D eigenvalue weighted by molar-refractivity contribution is 9.10. The molecule has 0 aromatic carbocycles. The molecule has 1 saturated carbocycles. The fraction of sp³-hybridized carbons (Fsp3) is 0.500. The number of rotatable bonds is 3. The summed E-state index contributed by atoms with van der Waals surface area (Å²) in [6.07, 6.45) is 2.32. The van der Waals surface area contributed by atoms with Crippen molar-refractivity contribution in [2.45, 2.75) is 18.4 Å². The second-order valence-corrected chi connectivity index (χ2v) is 5.17. The minimum Gasteiger partial charge on any atom is -0.375 e. The number of anilines is 1. The van der Waals surface area contributed by atoms with Gasteiger partial charge in [0.2, 0.25) is 0 Å². The molecule has 66 valence electrons. The van der Waals surface area contributed by atoms with Gasteiger partial charge in [0.05, 0.1) is 5.00 Å². The van der Waals surface area contributed by atoms with Gasteiger partial charge in [0.15, 0.2) is 0 Å². The first-order chi connectivity index (χ1) is 5.68. The van der Waals surface area contributed by atoms with Crippen molar-refractivity contribution < 1.29 is 0 Å². The van der Waals surface area contributed by atoms with Crippen LogP contribution in [0.5, 0.6) is 0 Å². The van der Waals surface area contributed by atoms with Gasteiger partial charge < -0.3 is 11.1 Å². The second kappa shape index (κ2) is 3.01. The van der Waals surface area contributed by atoms with E-state index in [1.54, 1.807) is 11.3 Å². The minimum absolute atomic E-state index is 0.0937. The Labute approximate surface area is 84.3 Å². The van der Waals surface area contributed by atoms with Crippen molar-refractivity contribution in [2.24, 2.45) is 5.73 Å². The Hall–Kier alpha value is -0.0600. The van der Waals surface area contributed by atoms with E-state index in [1.807, 2.05) is 0 Å². The maximum Gasteiger partial charge on any atom is 0.0894 e. The van der Waals surface area contributed by atoms with Crippen LogP contribution in [0, 0.1) is 0 Å². The van der Waals surface area contributed by atoms with E-state index in [9.17, 15) is 0 Å². The molecule has 0 atom stereocenters. The SMILES string of the molecule is NC1(CNc2cc(Br)cs2)CC1. The number of nitrogens with one attached hydrogen (secondary N) is 1. The first kappa shape index (κ1) is 8.53. The number of hydrogen-bond donors (Lipinski definition) is 2. The second-order valence-electron chi connectivity index (χ2n) is 3.35. The Morgan fingerprint density at radius 1 is 1.67 bits per heavy atom. The summed E-state index contributed by atoms with van der Waals surface area (Å²) < 4.78 is 1.14. The predicted molar refractivity (Wildman–Crippen MR) is 56.7 cm³/mol. The summed E-state index contributed by atoms with van der Waals surface area (Å²) in [5.41, 5.74) is 6.03. The number of hydrogen-bond acceptors (Lipinski definition) is 3. The van der Waals surface area contributed by atoms with Gasteiger partial charge >= 0.3 is 0 Å². The highest BCUT2D eigenvalue weighted by Crippen LogP contribution is 2.33. The molecule has 12 heavy (non-hydrogen) atoms. The van der Waals surface area contributed by atoms with Crippen molar-refractivity contribution in [3.63, 3.8) is 0 Å². The molecular formula is C8H11BrN2S. The van der Waals surface area contributed by atoms with E-state index < -0.39 is 0 Å². The number of halogens is 1. The van der Waals surface area contributed by atoms with E-state index >= 15 is 0 Å². The Bertz CT molecular complexity index is 280. The van der Waals surface area contributed by atoms with Gasteiger partial charge in [0, 0.05) is 21.9 Å². The van der Waals surface area contributed by atoms with E-state index in [4.69, 9.17) is 5.73 Å². The van der Waals surface area contributed by atoms with Gasteiger partial charge in [-0.15, -0.1) is 11.3 Å². The van der Waals surface area contributed by atoms with Gasteiger partial charge in [0.25, 0.3) is 0 Å². The summed E-state index contributed by atoms with van der Waals surface area (Å²) in [5, 5.41) is 6.59. The lowest BCUT2D eigenvalue weighted by Crippen LogP contribution is -2.30. The van der Waals surface area contributed by atoms with Gasteiger partial charge in [-0.1, -0.05) is 0 Å². The van der Waals surface area contributed by atoms with Crippen molar-refractivity contribution in [1.29, 1.82) is 0 Å². The van der Waals surface area contributed by atoms with Gasteiger partial charge in [0.1, 0.15) is 0 Å². The van der Waals surface area contributed by atoms with Crippen molar-refractivity contribution in [2.75, 3.05) is 11.9 Å². The first-order valence-electron chi connectivity index (χ1n) is 3.95. The molecule has 0 aliphatic heterocycles. The summed E-state index contributed by atoms with van der Waals surface area (Å²) >= 11 is 5.11. The van der Waals surface area contributed by atoms with Crippen LogP contribution in [-0.2, 0) is 0 Å². The average molecular weight is 247 g/mol. The zero-order valence-corrected chi connectivity index (χ0v) is 9.04. The van der Waals surface area contributed by atoms with Crippen molar-refractivity contribution in [1.82, 2.24) is 0 Å².